The van der Waals surface area contributed by atoms with Crippen molar-refractivity contribution in [3.8, 4) is 5.75 Å². The first-order chi connectivity index (χ1) is 15.8. The van der Waals surface area contributed by atoms with Crippen LogP contribution in [0.4, 0.5) is 14.5 Å². The Morgan fingerprint density at radius 1 is 1.30 bits per heavy atom. The molecule has 0 fully saturated rings. The van der Waals surface area contributed by atoms with Crippen LogP contribution in [0, 0.1) is 5.41 Å². The molecule has 1 amide bonds. The fourth-order valence-electron chi connectivity index (χ4n) is 3.26. The number of anilines is 1. The molecule has 0 unspecified atom stereocenters. The number of aromatic nitrogens is 3. The van der Waals surface area contributed by atoms with Crippen molar-refractivity contribution in [3.05, 3.63) is 47.4 Å². The number of nitrogens with one attached hydrogen (secondary N) is 4. The number of halogens is 2. The lowest BCUT2D eigenvalue weighted by molar-refractivity contribution is -0.0498. The molecule has 9 nitrogen and oxygen atoms in total. The van der Waals surface area contributed by atoms with Crippen LogP contribution in [0.25, 0.3) is 11.2 Å². The molecular formula is C22H27F2N7O2. The van der Waals surface area contributed by atoms with Gasteiger partial charge in [-0.25, -0.2) is 9.97 Å². The van der Waals surface area contributed by atoms with E-state index >= 15 is 0 Å². The van der Waals surface area contributed by atoms with Gasteiger partial charge in [0.2, 0.25) is 0 Å². The van der Waals surface area contributed by atoms with E-state index in [-0.39, 0.29) is 23.1 Å². The summed E-state index contributed by atoms with van der Waals surface area (Å²) in [6, 6.07) is 4.39. The Balaban J connectivity index is 1.95. The topological polar surface area (TPSA) is 119 Å². The quantitative estimate of drug-likeness (QED) is 0.258. The Labute approximate surface area is 190 Å². The van der Waals surface area contributed by atoms with Gasteiger partial charge in [0.05, 0.1) is 17.5 Å². The zero-order valence-corrected chi connectivity index (χ0v) is 18.7. The first-order valence-corrected chi connectivity index (χ1v) is 10.5. The lowest BCUT2D eigenvalue weighted by Crippen LogP contribution is -2.22. The molecule has 0 bridgehead atoms. The number of nitrogens with zero attached hydrogens (tertiary/aromatic N) is 3. The summed E-state index contributed by atoms with van der Waals surface area (Å²) in [5.74, 6) is -0.375. The highest BCUT2D eigenvalue weighted by Gasteiger charge is 2.18. The fraction of sp³-hybridized carbons (Fsp3) is 0.364. The predicted molar refractivity (Wildman–Crippen MR) is 123 cm³/mol. The number of fused-ring (bicyclic) bond motifs is 1. The van der Waals surface area contributed by atoms with Crippen molar-refractivity contribution < 1.29 is 18.3 Å². The molecule has 2 heterocycles. The first-order valence-electron chi connectivity index (χ1n) is 10.5. The lowest BCUT2D eigenvalue weighted by Gasteiger charge is -2.16. The van der Waals surface area contributed by atoms with E-state index in [9.17, 15) is 13.6 Å². The van der Waals surface area contributed by atoms with Crippen LogP contribution < -0.4 is 15.4 Å². The summed E-state index contributed by atoms with van der Waals surface area (Å²) in [6.07, 6.45) is 3.76. The minimum atomic E-state index is -2.98. The Morgan fingerprint density at radius 3 is 2.79 bits per heavy atom. The number of alkyl halides is 2. The van der Waals surface area contributed by atoms with E-state index in [2.05, 4.69) is 35.2 Å². The maximum Gasteiger partial charge on any atom is 0.387 e. The van der Waals surface area contributed by atoms with Crippen LogP contribution in [0.2, 0.25) is 0 Å². The Kier molecular flexibility index (Phi) is 7.88. The molecular weight excluding hydrogens is 432 g/mol. The lowest BCUT2D eigenvalue weighted by atomic mass is 10.0. The van der Waals surface area contributed by atoms with Gasteiger partial charge in [0.25, 0.3) is 5.91 Å². The van der Waals surface area contributed by atoms with Crippen LogP contribution in [0.3, 0.4) is 0 Å². The molecule has 0 saturated carbocycles. The summed E-state index contributed by atoms with van der Waals surface area (Å²) in [6.45, 7) is 0.763. The molecule has 0 aliphatic rings. The second-order valence-corrected chi connectivity index (χ2v) is 7.56. The van der Waals surface area contributed by atoms with Gasteiger partial charge in [-0.3, -0.25) is 10.2 Å². The van der Waals surface area contributed by atoms with Gasteiger partial charge in [-0.2, -0.15) is 8.78 Å². The minimum absolute atomic E-state index is 0.0396. The number of ether oxygens (including phenoxy) is 1. The van der Waals surface area contributed by atoms with E-state index in [4.69, 9.17) is 5.41 Å². The molecule has 4 N–H and O–H groups in total. The standard InChI is InChI=1S/C22H27F2N7O2/c1-4-26-21(32)15-11-28-20-19(15)30-17(12-29-20)18(25)14-10-13(33-22(23)24)6-7-16(14)27-8-5-9-31(2)3/h6-7,10-12,22,25,27H,4-5,8-9H2,1-3H3,(H,26,32)(H,28,29). The van der Waals surface area contributed by atoms with Gasteiger partial charge < -0.3 is 25.3 Å². The van der Waals surface area contributed by atoms with Gasteiger partial charge in [0.15, 0.2) is 5.65 Å². The van der Waals surface area contributed by atoms with Crippen molar-refractivity contribution in [3.63, 3.8) is 0 Å². The maximum absolute atomic E-state index is 12.8. The number of carbonyl (C=O) groups excluding carboxylic acids is 1. The predicted octanol–water partition coefficient (Wildman–Crippen LogP) is 3.09. The van der Waals surface area contributed by atoms with Gasteiger partial charge >= 0.3 is 6.61 Å². The second kappa shape index (κ2) is 10.8. The number of aromatic amines is 1. The van der Waals surface area contributed by atoms with Crippen molar-refractivity contribution in [2.75, 3.05) is 39.0 Å². The Hall–Kier alpha value is -3.60. The second-order valence-electron chi connectivity index (χ2n) is 7.56. The summed E-state index contributed by atoms with van der Waals surface area (Å²) in [4.78, 5) is 26.0. The largest absolute Gasteiger partial charge is 0.435 e. The highest BCUT2D eigenvalue weighted by atomic mass is 19.3. The number of H-pyrrole nitrogens is 1. The average molecular weight is 460 g/mol. The molecule has 0 aliphatic carbocycles. The van der Waals surface area contributed by atoms with Crippen LogP contribution in [0.5, 0.6) is 5.75 Å². The van der Waals surface area contributed by atoms with Crippen molar-refractivity contribution in [1.29, 1.82) is 5.41 Å². The maximum atomic E-state index is 12.8. The Morgan fingerprint density at radius 2 is 2.09 bits per heavy atom. The molecule has 11 heteroatoms. The molecule has 0 radical (unpaired) electrons. The van der Waals surface area contributed by atoms with Crippen LogP contribution in [-0.4, -0.2) is 71.8 Å². The number of hydrogen-bond acceptors (Lipinski definition) is 7. The Bertz CT molecular complexity index is 1130. The number of hydrogen-bond donors (Lipinski definition) is 4. The summed E-state index contributed by atoms with van der Waals surface area (Å²) >= 11 is 0. The number of benzene rings is 1. The van der Waals surface area contributed by atoms with Gasteiger partial charge in [0.1, 0.15) is 17.0 Å². The molecule has 1 aromatic carbocycles. The first kappa shape index (κ1) is 24.1. The van der Waals surface area contributed by atoms with Gasteiger partial charge in [-0.05, 0) is 52.2 Å². The third kappa shape index (κ3) is 6.01. The monoisotopic (exact) mass is 459 g/mol. The van der Waals surface area contributed by atoms with Crippen molar-refractivity contribution in [2.24, 2.45) is 0 Å². The van der Waals surface area contributed by atoms with Crippen LogP contribution >= 0.6 is 0 Å². The molecule has 2 aromatic heterocycles. The molecule has 0 atom stereocenters. The van der Waals surface area contributed by atoms with Gasteiger partial charge in [-0.1, -0.05) is 0 Å². The van der Waals surface area contributed by atoms with Gasteiger partial charge in [0, 0.05) is 30.5 Å². The zero-order valence-electron chi connectivity index (χ0n) is 18.7. The van der Waals surface area contributed by atoms with E-state index in [0.29, 0.717) is 41.1 Å². The normalized spacial score (nSPS) is 11.2. The molecule has 176 valence electrons. The van der Waals surface area contributed by atoms with E-state index in [1.54, 1.807) is 13.0 Å². The third-order valence-corrected chi connectivity index (χ3v) is 4.80. The molecule has 0 saturated heterocycles. The highest BCUT2D eigenvalue weighted by molar-refractivity contribution is 6.14. The van der Waals surface area contributed by atoms with E-state index in [1.165, 1.54) is 24.5 Å². The van der Waals surface area contributed by atoms with E-state index in [0.717, 1.165) is 13.0 Å². The fourth-order valence-corrected chi connectivity index (χ4v) is 3.26. The van der Waals surface area contributed by atoms with Crippen LogP contribution in [0.15, 0.2) is 30.6 Å². The minimum Gasteiger partial charge on any atom is -0.435 e. The molecule has 3 rings (SSSR count). The van der Waals surface area contributed by atoms with Crippen LogP contribution in [0.1, 0.15) is 35.0 Å². The van der Waals surface area contributed by atoms with Gasteiger partial charge in [-0.15, -0.1) is 0 Å². The van der Waals surface area contributed by atoms with Crippen molar-refractivity contribution >= 4 is 28.5 Å². The molecule has 3 aromatic rings. The van der Waals surface area contributed by atoms with Crippen molar-refractivity contribution in [1.82, 2.24) is 25.2 Å². The number of amides is 1. The van der Waals surface area contributed by atoms with Crippen LogP contribution in [-0.2, 0) is 0 Å². The third-order valence-electron chi connectivity index (χ3n) is 4.80. The summed E-state index contributed by atoms with van der Waals surface area (Å²) in [5.41, 5.74) is 2.11. The number of rotatable bonds is 11. The summed E-state index contributed by atoms with van der Waals surface area (Å²) in [5, 5.41) is 14.7. The SMILES string of the molecule is CCNC(=O)c1c[nH]c2ncc(C(=N)c3cc(OC(F)F)ccc3NCCCN(C)C)nc12. The molecule has 0 spiro atoms. The zero-order chi connectivity index (χ0) is 24.0. The number of carbonyl (C=O) groups is 1. The summed E-state index contributed by atoms with van der Waals surface area (Å²) < 4.78 is 30.1. The van der Waals surface area contributed by atoms with Crippen molar-refractivity contribution in [2.45, 2.75) is 20.0 Å². The average Bonchev–Trinajstić information content (AvgIpc) is 3.20. The smallest absolute Gasteiger partial charge is 0.387 e. The van der Waals surface area contributed by atoms with E-state index < -0.39 is 6.61 Å². The summed E-state index contributed by atoms with van der Waals surface area (Å²) in [7, 11) is 3.95. The van der Waals surface area contributed by atoms with E-state index in [1.807, 2.05) is 14.1 Å². The highest BCUT2D eigenvalue weighted by Crippen LogP contribution is 2.26. The molecule has 33 heavy (non-hydrogen) atoms. The molecule has 0 aliphatic heterocycles.